The molecule has 0 unspecified atom stereocenters. The Morgan fingerprint density at radius 1 is 1.41 bits per heavy atom. The van der Waals surface area contributed by atoms with Gasteiger partial charge in [-0.15, -0.1) is 0 Å². The highest BCUT2D eigenvalue weighted by atomic mass is 16.5. The molecule has 0 aliphatic carbocycles. The molecule has 0 bridgehead atoms. The average Bonchev–Trinajstić information content (AvgIpc) is 2.74. The van der Waals surface area contributed by atoms with Crippen molar-refractivity contribution < 1.29 is 4.52 Å². The highest BCUT2D eigenvalue weighted by Gasteiger charge is 2.19. The summed E-state index contributed by atoms with van der Waals surface area (Å²) in [7, 11) is 0. The van der Waals surface area contributed by atoms with E-state index in [0.717, 1.165) is 44.5 Å². The molecule has 2 rings (SSSR count). The molecule has 1 fully saturated rings. The van der Waals surface area contributed by atoms with Gasteiger partial charge in [0.15, 0.2) is 5.82 Å². The smallest absolute Gasteiger partial charge is 0.223 e. The van der Waals surface area contributed by atoms with Gasteiger partial charge >= 0.3 is 0 Å². The van der Waals surface area contributed by atoms with Gasteiger partial charge in [0, 0.05) is 6.92 Å². The fraction of sp³-hybridized carbons (Fsp3) is 0.833. The van der Waals surface area contributed by atoms with Gasteiger partial charge in [-0.05, 0) is 44.9 Å². The molecule has 0 saturated carbocycles. The molecule has 1 aliphatic heterocycles. The number of rotatable bonds is 5. The van der Waals surface area contributed by atoms with Gasteiger partial charge in [-0.2, -0.15) is 4.98 Å². The van der Waals surface area contributed by atoms with Gasteiger partial charge in [0.25, 0.3) is 0 Å². The van der Waals surface area contributed by atoms with Crippen LogP contribution in [-0.2, 0) is 6.54 Å². The summed E-state index contributed by atoms with van der Waals surface area (Å²) in [6.07, 6.45) is 2.54. The second-order valence-corrected chi connectivity index (χ2v) is 4.76. The first-order valence-electron chi connectivity index (χ1n) is 6.50. The maximum Gasteiger partial charge on any atom is 0.223 e. The van der Waals surface area contributed by atoms with Crippen LogP contribution in [0.5, 0.6) is 0 Å². The van der Waals surface area contributed by atoms with Gasteiger partial charge in [-0.1, -0.05) is 12.1 Å². The van der Waals surface area contributed by atoms with Crippen molar-refractivity contribution >= 4 is 0 Å². The Kier molecular flexibility index (Phi) is 4.50. The predicted molar refractivity (Wildman–Crippen MR) is 65.6 cm³/mol. The zero-order valence-electron chi connectivity index (χ0n) is 10.8. The molecular weight excluding hydrogens is 216 g/mol. The van der Waals surface area contributed by atoms with Crippen LogP contribution in [0.4, 0.5) is 0 Å². The lowest BCUT2D eigenvalue weighted by Gasteiger charge is -2.31. The van der Waals surface area contributed by atoms with Crippen molar-refractivity contribution in [2.75, 3.05) is 26.2 Å². The Bertz CT molecular complexity index is 331. The Morgan fingerprint density at radius 2 is 2.18 bits per heavy atom. The fourth-order valence-electron chi connectivity index (χ4n) is 2.30. The average molecular weight is 238 g/mol. The summed E-state index contributed by atoms with van der Waals surface area (Å²) in [4.78, 5) is 6.65. The third-order valence-corrected chi connectivity index (χ3v) is 3.32. The summed E-state index contributed by atoms with van der Waals surface area (Å²) in [6, 6.07) is 0. The van der Waals surface area contributed by atoms with E-state index < -0.39 is 0 Å². The lowest BCUT2D eigenvalue weighted by atomic mass is 9.97. The molecular formula is C12H22N4O. The SMILES string of the molecule is CCNCC1CCN(Cc2noc(C)n2)CC1. The maximum absolute atomic E-state index is 4.98. The normalized spacial score (nSPS) is 18.7. The molecule has 0 spiro atoms. The molecule has 0 radical (unpaired) electrons. The van der Waals surface area contributed by atoms with Gasteiger partial charge in [0.2, 0.25) is 5.89 Å². The molecule has 0 aromatic carbocycles. The molecule has 5 nitrogen and oxygen atoms in total. The minimum absolute atomic E-state index is 0.655. The highest BCUT2D eigenvalue weighted by Crippen LogP contribution is 2.17. The zero-order valence-corrected chi connectivity index (χ0v) is 10.8. The summed E-state index contributed by atoms with van der Waals surface area (Å²) in [6.45, 7) is 9.33. The van der Waals surface area contributed by atoms with Crippen LogP contribution in [-0.4, -0.2) is 41.2 Å². The van der Waals surface area contributed by atoms with Crippen LogP contribution in [0.3, 0.4) is 0 Å². The Balaban J connectivity index is 1.72. The Morgan fingerprint density at radius 3 is 2.76 bits per heavy atom. The monoisotopic (exact) mass is 238 g/mol. The minimum atomic E-state index is 0.655. The number of hydrogen-bond acceptors (Lipinski definition) is 5. The number of aryl methyl sites for hydroxylation is 1. The van der Waals surface area contributed by atoms with Crippen LogP contribution in [0, 0.1) is 12.8 Å². The molecule has 0 amide bonds. The number of piperidine rings is 1. The molecule has 1 saturated heterocycles. The summed E-state index contributed by atoms with van der Waals surface area (Å²) < 4.78 is 4.98. The van der Waals surface area contributed by atoms with Crippen LogP contribution >= 0.6 is 0 Å². The van der Waals surface area contributed by atoms with E-state index in [1.807, 2.05) is 6.92 Å². The second kappa shape index (κ2) is 6.12. The van der Waals surface area contributed by atoms with Crippen LogP contribution in [0.25, 0.3) is 0 Å². The predicted octanol–water partition coefficient (Wildman–Crippen LogP) is 1.20. The van der Waals surface area contributed by atoms with Gasteiger partial charge < -0.3 is 9.84 Å². The maximum atomic E-state index is 4.98. The van der Waals surface area contributed by atoms with E-state index in [0.29, 0.717) is 5.89 Å². The first-order chi connectivity index (χ1) is 8.28. The van der Waals surface area contributed by atoms with E-state index in [1.54, 1.807) is 0 Å². The number of aromatic nitrogens is 2. The molecule has 2 heterocycles. The van der Waals surface area contributed by atoms with E-state index in [4.69, 9.17) is 4.52 Å². The minimum Gasteiger partial charge on any atom is -0.340 e. The van der Waals surface area contributed by atoms with Gasteiger partial charge in [-0.3, -0.25) is 4.90 Å². The van der Waals surface area contributed by atoms with E-state index >= 15 is 0 Å². The van der Waals surface area contributed by atoms with Crippen LogP contribution in [0.15, 0.2) is 4.52 Å². The molecule has 96 valence electrons. The van der Waals surface area contributed by atoms with E-state index in [1.165, 1.54) is 12.8 Å². The van der Waals surface area contributed by atoms with Crippen molar-refractivity contribution in [1.29, 1.82) is 0 Å². The Hall–Kier alpha value is -0.940. The molecule has 1 N–H and O–H groups in total. The second-order valence-electron chi connectivity index (χ2n) is 4.76. The van der Waals surface area contributed by atoms with E-state index in [-0.39, 0.29) is 0 Å². The lowest BCUT2D eigenvalue weighted by Crippen LogP contribution is -2.37. The first kappa shape index (κ1) is 12.5. The number of nitrogens with zero attached hydrogens (tertiary/aromatic N) is 3. The Labute approximate surface area is 103 Å². The summed E-state index contributed by atoms with van der Waals surface area (Å²) in [5.41, 5.74) is 0. The van der Waals surface area contributed by atoms with Gasteiger partial charge in [-0.25, -0.2) is 0 Å². The van der Waals surface area contributed by atoms with Crippen LogP contribution in [0.2, 0.25) is 0 Å². The summed E-state index contributed by atoms with van der Waals surface area (Å²) in [5.74, 6) is 2.30. The number of hydrogen-bond donors (Lipinski definition) is 1. The fourth-order valence-corrected chi connectivity index (χ4v) is 2.30. The molecule has 1 aromatic heterocycles. The summed E-state index contributed by atoms with van der Waals surface area (Å²) in [5, 5.41) is 7.37. The molecule has 17 heavy (non-hydrogen) atoms. The third-order valence-electron chi connectivity index (χ3n) is 3.32. The summed E-state index contributed by atoms with van der Waals surface area (Å²) >= 11 is 0. The molecule has 5 heteroatoms. The molecule has 1 aliphatic rings. The highest BCUT2D eigenvalue weighted by molar-refractivity contribution is 4.85. The van der Waals surface area contributed by atoms with E-state index in [9.17, 15) is 0 Å². The first-order valence-corrected chi connectivity index (χ1v) is 6.50. The van der Waals surface area contributed by atoms with Crippen molar-refractivity contribution in [2.24, 2.45) is 5.92 Å². The largest absolute Gasteiger partial charge is 0.340 e. The van der Waals surface area contributed by atoms with Crippen molar-refractivity contribution in [3.8, 4) is 0 Å². The lowest BCUT2D eigenvalue weighted by molar-refractivity contribution is 0.171. The quantitative estimate of drug-likeness (QED) is 0.835. The third kappa shape index (κ3) is 3.78. The van der Waals surface area contributed by atoms with Crippen molar-refractivity contribution in [2.45, 2.75) is 33.2 Å². The standard InChI is InChI=1S/C12H22N4O/c1-3-13-8-11-4-6-16(7-5-11)9-12-14-10(2)17-15-12/h11,13H,3-9H2,1-2H3. The van der Waals surface area contributed by atoms with Crippen molar-refractivity contribution in [3.05, 3.63) is 11.7 Å². The number of likely N-dealkylation sites (tertiary alicyclic amines) is 1. The number of nitrogens with one attached hydrogen (secondary N) is 1. The van der Waals surface area contributed by atoms with Gasteiger partial charge in [0.05, 0.1) is 6.54 Å². The van der Waals surface area contributed by atoms with Crippen molar-refractivity contribution in [3.63, 3.8) is 0 Å². The van der Waals surface area contributed by atoms with Crippen LogP contribution < -0.4 is 5.32 Å². The molecule has 0 atom stereocenters. The van der Waals surface area contributed by atoms with Gasteiger partial charge in [0.1, 0.15) is 0 Å². The van der Waals surface area contributed by atoms with Crippen LogP contribution in [0.1, 0.15) is 31.5 Å². The topological polar surface area (TPSA) is 54.2 Å². The zero-order chi connectivity index (χ0) is 12.1. The van der Waals surface area contributed by atoms with E-state index in [2.05, 4.69) is 27.3 Å². The van der Waals surface area contributed by atoms with Crippen molar-refractivity contribution in [1.82, 2.24) is 20.4 Å². The molecule has 1 aromatic rings.